The van der Waals surface area contributed by atoms with E-state index in [-0.39, 0.29) is 22.9 Å². The molecule has 2 aromatic rings. The predicted molar refractivity (Wildman–Crippen MR) is 116 cm³/mol. The number of benzene rings is 2. The van der Waals surface area contributed by atoms with Crippen LogP contribution in [0, 0.1) is 0 Å². The molecule has 0 fully saturated rings. The van der Waals surface area contributed by atoms with E-state index < -0.39 is 3.61 Å². The Kier molecular flexibility index (Phi) is 6.69. The molecule has 0 aliphatic carbocycles. The first-order chi connectivity index (χ1) is 12.3. The standard InChI is InChI=1S/C19H26IN3O3/c1-4-19(20,5-2)26-15-11-14(24)18(17(22)16(15)21)25-13-9-7-12(8-10-13)23-6-3/h7-11,23-24H,4-6,21-22H2,1-3H3. The summed E-state index contributed by atoms with van der Waals surface area (Å²) >= 11 is 2.25. The van der Waals surface area contributed by atoms with E-state index in [1.165, 1.54) is 6.07 Å². The van der Waals surface area contributed by atoms with Crippen LogP contribution in [0.5, 0.6) is 23.0 Å². The second-order valence-corrected chi connectivity index (χ2v) is 7.87. The fraction of sp³-hybridized carbons (Fsp3) is 0.368. The van der Waals surface area contributed by atoms with Crippen molar-refractivity contribution >= 4 is 39.7 Å². The van der Waals surface area contributed by atoms with Crippen LogP contribution >= 0.6 is 22.6 Å². The summed E-state index contributed by atoms with van der Waals surface area (Å²) in [7, 11) is 0. The van der Waals surface area contributed by atoms with Gasteiger partial charge in [0.25, 0.3) is 0 Å². The number of nitrogens with one attached hydrogen (secondary N) is 1. The van der Waals surface area contributed by atoms with Gasteiger partial charge in [0.1, 0.15) is 22.9 Å². The summed E-state index contributed by atoms with van der Waals surface area (Å²) in [6.07, 6.45) is 1.58. The maximum absolute atomic E-state index is 10.4. The monoisotopic (exact) mass is 471 g/mol. The van der Waals surface area contributed by atoms with Crippen molar-refractivity contribution in [3.05, 3.63) is 30.3 Å². The molecule has 0 spiro atoms. The molecular formula is C19H26IN3O3. The van der Waals surface area contributed by atoms with E-state index in [0.29, 0.717) is 11.5 Å². The molecule has 0 aliphatic heterocycles. The van der Waals surface area contributed by atoms with Crippen LogP contribution in [0.15, 0.2) is 30.3 Å². The minimum absolute atomic E-state index is 0.117. The third-order valence-corrected chi connectivity index (χ3v) is 5.85. The minimum Gasteiger partial charge on any atom is -0.504 e. The quantitative estimate of drug-likeness (QED) is 0.185. The molecule has 7 heteroatoms. The van der Waals surface area contributed by atoms with Crippen LogP contribution in [0.3, 0.4) is 0 Å². The van der Waals surface area contributed by atoms with Gasteiger partial charge < -0.3 is 31.4 Å². The third-order valence-electron chi connectivity index (χ3n) is 4.10. The van der Waals surface area contributed by atoms with Crippen molar-refractivity contribution in [2.75, 3.05) is 23.3 Å². The number of phenolic OH excluding ortho intramolecular Hbond substituents is 1. The summed E-state index contributed by atoms with van der Waals surface area (Å²) in [6.45, 7) is 6.92. The first-order valence-electron chi connectivity index (χ1n) is 8.64. The lowest BCUT2D eigenvalue weighted by molar-refractivity contribution is 0.175. The number of hydrogen-bond donors (Lipinski definition) is 4. The molecule has 6 nitrogen and oxygen atoms in total. The van der Waals surface area contributed by atoms with E-state index >= 15 is 0 Å². The molecule has 0 aromatic heterocycles. The Morgan fingerprint density at radius 2 is 1.69 bits per heavy atom. The molecule has 2 rings (SSSR count). The number of nitrogen functional groups attached to an aromatic ring is 2. The van der Waals surface area contributed by atoms with Crippen LogP contribution in [0.2, 0.25) is 0 Å². The SMILES string of the molecule is CCNc1ccc(Oc2c(O)cc(OC(I)(CC)CC)c(N)c2N)cc1. The molecule has 6 N–H and O–H groups in total. The van der Waals surface area contributed by atoms with Crippen molar-refractivity contribution < 1.29 is 14.6 Å². The number of nitrogens with two attached hydrogens (primary N) is 2. The van der Waals surface area contributed by atoms with Gasteiger partial charge in [0.05, 0.1) is 0 Å². The zero-order chi connectivity index (χ0) is 19.3. The predicted octanol–water partition coefficient (Wildman–Crippen LogP) is 5.11. The van der Waals surface area contributed by atoms with Gasteiger partial charge in [-0.1, -0.05) is 13.8 Å². The fourth-order valence-corrected chi connectivity index (χ4v) is 2.64. The second kappa shape index (κ2) is 8.57. The molecule has 0 saturated heterocycles. The molecule has 0 bridgehead atoms. The highest BCUT2D eigenvalue weighted by atomic mass is 127. The number of ether oxygens (including phenoxy) is 2. The smallest absolute Gasteiger partial charge is 0.194 e. The molecule has 0 unspecified atom stereocenters. The van der Waals surface area contributed by atoms with Gasteiger partial charge in [0, 0.05) is 18.3 Å². The fourth-order valence-electron chi connectivity index (χ4n) is 2.41. The third kappa shape index (κ3) is 4.57. The number of aromatic hydroxyl groups is 1. The molecule has 0 atom stereocenters. The van der Waals surface area contributed by atoms with Crippen LogP contribution in [0.1, 0.15) is 33.6 Å². The molecular weight excluding hydrogens is 445 g/mol. The normalized spacial score (nSPS) is 11.2. The van der Waals surface area contributed by atoms with Crippen molar-refractivity contribution in [3.8, 4) is 23.0 Å². The Morgan fingerprint density at radius 3 is 2.23 bits per heavy atom. The lowest BCUT2D eigenvalue weighted by atomic mass is 10.2. The highest BCUT2D eigenvalue weighted by Crippen LogP contribution is 2.47. The van der Waals surface area contributed by atoms with Gasteiger partial charge in [-0.2, -0.15) is 0 Å². The average molecular weight is 471 g/mol. The topological polar surface area (TPSA) is 103 Å². The van der Waals surface area contributed by atoms with E-state index in [9.17, 15) is 5.11 Å². The number of hydrogen-bond acceptors (Lipinski definition) is 6. The molecule has 0 aliphatic rings. The van der Waals surface area contributed by atoms with Crippen LogP contribution < -0.4 is 26.3 Å². The maximum atomic E-state index is 10.4. The van der Waals surface area contributed by atoms with E-state index in [4.69, 9.17) is 20.9 Å². The summed E-state index contributed by atoms with van der Waals surface area (Å²) in [4.78, 5) is 0. The van der Waals surface area contributed by atoms with E-state index in [1.807, 2.05) is 32.9 Å². The summed E-state index contributed by atoms with van der Waals surface area (Å²) in [5, 5.41) is 13.6. The zero-order valence-electron chi connectivity index (χ0n) is 15.3. The Bertz CT molecular complexity index is 747. The molecule has 0 radical (unpaired) electrons. The Balaban J connectivity index is 2.29. The summed E-state index contributed by atoms with van der Waals surface area (Å²) in [5.41, 5.74) is 13.6. The number of alkyl halides is 1. The van der Waals surface area contributed by atoms with E-state index in [2.05, 4.69) is 27.9 Å². The molecule has 0 heterocycles. The molecule has 2 aromatic carbocycles. The first-order valence-corrected chi connectivity index (χ1v) is 9.72. The maximum Gasteiger partial charge on any atom is 0.194 e. The van der Waals surface area contributed by atoms with Crippen molar-refractivity contribution in [2.24, 2.45) is 0 Å². The minimum atomic E-state index is -0.407. The summed E-state index contributed by atoms with van der Waals surface area (Å²) in [5.74, 6) is 0.909. The van der Waals surface area contributed by atoms with Gasteiger partial charge in [-0.25, -0.2) is 0 Å². The van der Waals surface area contributed by atoms with Gasteiger partial charge in [0.2, 0.25) is 0 Å². The lowest BCUT2D eigenvalue weighted by Gasteiger charge is -2.27. The van der Waals surface area contributed by atoms with E-state index in [0.717, 1.165) is 25.1 Å². The van der Waals surface area contributed by atoms with Crippen molar-refractivity contribution in [1.82, 2.24) is 0 Å². The summed E-state index contributed by atoms with van der Waals surface area (Å²) < 4.78 is 11.3. The van der Waals surface area contributed by atoms with Crippen molar-refractivity contribution in [3.63, 3.8) is 0 Å². The molecule has 0 saturated carbocycles. The summed E-state index contributed by atoms with van der Waals surface area (Å²) in [6, 6.07) is 8.81. The van der Waals surface area contributed by atoms with Gasteiger partial charge >= 0.3 is 0 Å². The van der Waals surface area contributed by atoms with Gasteiger partial charge in [0.15, 0.2) is 15.1 Å². The van der Waals surface area contributed by atoms with Crippen LogP contribution in [-0.4, -0.2) is 15.3 Å². The second-order valence-electron chi connectivity index (χ2n) is 5.90. The van der Waals surface area contributed by atoms with Crippen LogP contribution in [0.25, 0.3) is 0 Å². The number of anilines is 3. The Morgan fingerprint density at radius 1 is 1.08 bits per heavy atom. The van der Waals surface area contributed by atoms with Gasteiger partial charge in [-0.3, -0.25) is 0 Å². The highest BCUT2D eigenvalue weighted by Gasteiger charge is 2.27. The van der Waals surface area contributed by atoms with Gasteiger partial charge in [-0.05, 0) is 66.6 Å². The zero-order valence-corrected chi connectivity index (χ0v) is 17.5. The highest BCUT2D eigenvalue weighted by molar-refractivity contribution is 14.1. The number of rotatable bonds is 8. The molecule has 0 amide bonds. The lowest BCUT2D eigenvalue weighted by Crippen LogP contribution is -2.26. The van der Waals surface area contributed by atoms with Crippen molar-refractivity contribution in [1.29, 1.82) is 0 Å². The van der Waals surface area contributed by atoms with Gasteiger partial charge in [-0.15, -0.1) is 0 Å². The molecule has 26 heavy (non-hydrogen) atoms. The van der Waals surface area contributed by atoms with Crippen LogP contribution in [0.4, 0.5) is 17.1 Å². The van der Waals surface area contributed by atoms with Crippen LogP contribution in [-0.2, 0) is 0 Å². The number of halogens is 1. The molecule has 142 valence electrons. The van der Waals surface area contributed by atoms with E-state index in [1.54, 1.807) is 12.1 Å². The Hall–Kier alpha value is -2.03. The first kappa shape index (κ1) is 20.3. The average Bonchev–Trinajstić information content (AvgIpc) is 2.64. The largest absolute Gasteiger partial charge is 0.504 e. The van der Waals surface area contributed by atoms with Crippen molar-refractivity contribution in [2.45, 2.75) is 37.2 Å². The number of phenols is 1. The Labute approximate surface area is 168 Å².